The predicted molar refractivity (Wildman–Crippen MR) is 79.4 cm³/mol. The summed E-state index contributed by atoms with van der Waals surface area (Å²) in [5.74, 6) is -2.22. The maximum absolute atomic E-state index is 11.7. The van der Waals surface area contributed by atoms with Crippen molar-refractivity contribution in [2.45, 2.75) is 90.3 Å². The van der Waals surface area contributed by atoms with Crippen LogP contribution in [-0.2, 0) is 29.1 Å². The van der Waals surface area contributed by atoms with E-state index in [1.54, 1.807) is 20.8 Å². The Bertz CT molecular complexity index is 337. The summed E-state index contributed by atoms with van der Waals surface area (Å²) >= 11 is 0. The van der Waals surface area contributed by atoms with Gasteiger partial charge in [-0.3, -0.25) is 4.89 Å². The van der Waals surface area contributed by atoms with E-state index < -0.39 is 17.5 Å². The normalized spacial score (nSPS) is 18.5. The zero-order valence-corrected chi connectivity index (χ0v) is 13.9. The number of ether oxygens (including phenoxy) is 1. The average molecular weight is 316 g/mol. The molecule has 6 nitrogen and oxygen atoms in total. The van der Waals surface area contributed by atoms with E-state index in [4.69, 9.17) is 9.62 Å². The van der Waals surface area contributed by atoms with Crippen molar-refractivity contribution < 1.29 is 29.1 Å². The fraction of sp³-hybridized carbons (Fsp3) is 0.875. The van der Waals surface area contributed by atoms with Gasteiger partial charge in [-0.2, -0.15) is 4.89 Å². The molecule has 1 aliphatic carbocycles. The maximum atomic E-state index is 11.7. The molecule has 1 saturated carbocycles. The number of esters is 1. The fourth-order valence-corrected chi connectivity index (χ4v) is 2.27. The minimum atomic E-state index is -1.19. The molecule has 1 rings (SSSR count). The molecule has 0 atom stereocenters. The van der Waals surface area contributed by atoms with Crippen LogP contribution in [0.4, 0.5) is 0 Å². The molecule has 0 aliphatic heterocycles. The molecular weight excluding hydrogens is 288 g/mol. The molecular formula is C16H28O6. The average Bonchev–Trinajstić information content (AvgIpc) is 2.44. The van der Waals surface area contributed by atoms with Crippen LogP contribution in [0.2, 0.25) is 0 Å². The first-order valence-electron chi connectivity index (χ1n) is 8.16. The lowest BCUT2D eigenvalue weighted by atomic mass is 9.99. The van der Waals surface area contributed by atoms with E-state index >= 15 is 0 Å². The first-order chi connectivity index (χ1) is 10.4. The lowest BCUT2D eigenvalue weighted by molar-refractivity contribution is -0.513. The molecule has 0 amide bonds. The predicted octanol–water partition coefficient (Wildman–Crippen LogP) is 3.63. The van der Waals surface area contributed by atoms with Crippen molar-refractivity contribution >= 4 is 11.9 Å². The summed E-state index contributed by atoms with van der Waals surface area (Å²) in [6, 6.07) is 0. The SMILES string of the molecule is CC(C)(C)OOOC(=O)C(=O)OC1CCCCCCCCC1. The monoisotopic (exact) mass is 316 g/mol. The molecule has 0 saturated heterocycles. The standard InChI is InChI=1S/C16H28O6/c1-16(2,3)21-22-20-15(18)14(17)19-13-11-9-7-5-4-6-8-10-12-13/h13H,4-12H2,1-3H3. The van der Waals surface area contributed by atoms with Crippen LogP contribution in [-0.4, -0.2) is 23.6 Å². The van der Waals surface area contributed by atoms with Crippen LogP contribution in [0.25, 0.3) is 0 Å². The van der Waals surface area contributed by atoms with E-state index in [9.17, 15) is 9.59 Å². The van der Waals surface area contributed by atoms with Gasteiger partial charge >= 0.3 is 11.9 Å². The number of carbonyl (C=O) groups is 2. The number of hydrogen-bond donors (Lipinski definition) is 0. The molecule has 0 aromatic heterocycles. The van der Waals surface area contributed by atoms with E-state index in [0.29, 0.717) is 0 Å². The van der Waals surface area contributed by atoms with Crippen LogP contribution in [0.3, 0.4) is 0 Å². The van der Waals surface area contributed by atoms with Gasteiger partial charge in [0.1, 0.15) is 6.10 Å². The summed E-state index contributed by atoms with van der Waals surface area (Å²) in [6.07, 6.45) is 9.39. The van der Waals surface area contributed by atoms with Crippen molar-refractivity contribution in [2.75, 3.05) is 0 Å². The summed E-state index contributed by atoms with van der Waals surface area (Å²) in [7, 11) is 0. The Kier molecular flexibility index (Phi) is 8.42. The molecule has 0 aromatic carbocycles. The first kappa shape index (κ1) is 18.9. The highest BCUT2D eigenvalue weighted by Crippen LogP contribution is 2.19. The molecule has 128 valence electrons. The number of hydrogen-bond acceptors (Lipinski definition) is 6. The molecule has 0 heterocycles. The Morgan fingerprint density at radius 3 is 1.82 bits per heavy atom. The smallest absolute Gasteiger partial charge is 0.453 e. The summed E-state index contributed by atoms with van der Waals surface area (Å²) in [4.78, 5) is 32.2. The molecule has 1 aliphatic rings. The largest absolute Gasteiger partial charge is 0.454 e. The summed E-state index contributed by atoms with van der Waals surface area (Å²) < 4.78 is 5.22. The van der Waals surface area contributed by atoms with E-state index in [1.165, 1.54) is 19.3 Å². The second kappa shape index (κ2) is 9.79. The number of carbonyl (C=O) groups excluding carboxylic acids is 2. The Labute approximate surface area is 132 Å². The third kappa shape index (κ3) is 9.00. The van der Waals surface area contributed by atoms with Crippen LogP contribution in [0, 0.1) is 0 Å². The third-order valence-corrected chi connectivity index (χ3v) is 3.39. The van der Waals surface area contributed by atoms with E-state index in [2.05, 4.69) is 9.93 Å². The fourth-order valence-electron chi connectivity index (χ4n) is 2.27. The Morgan fingerprint density at radius 2 is 1.32 bits per heavy atom. The highest BCUT2D eigenvalue weighted by Gasteiger charge is 2.25. The van der Waals surface area contributed by atoms with Crippen LogP contribution in [0.15, 0.2) is 0 Å². The Hall–Kier alpha value is -1.14. The zero-order valence-electron chi connectivity index (χ0n) is 13.9. The molecule has 0 N–H and O–H groups in total. The van der Waals surface area contributed by atoms with Crippen LogP contribution >= 0.6 is 0 Å². The Balaban J connectivity index is 2.32. The molecule has 0 radical (unpaired) electrons. The van der Waals surface area contributed by atoms with Crippen LogP contribution in [0.1, 0.15) is 78.6 Å². The minimum Gasteiger partial charge on any atom is -0.454 e. The quantitative estimate of drug-likeness (QED) is 0.343. The van der Waals surface area contributed by atoms with Gasteiger partial charge < -0.3 is 4.74 Å². The topological polar surface area (TPSA) is 71.1 Å². The van der Waals surface area contributed by atoms with Gasteiger partial charge in [0, 0.05) is 0 Å². The first-order valence-corrected chi connectivity index (χ1v) is 8.16. The molecule has 0 unspecified atom stereocenters. The van der Waals surface area contributed by atoms with E-state index in [-0.39, 0.29) is 6.10 Å². The van der Waals surface area contributed by atoms with Gasteiger partial charge in [-0.15, -0.1) is 0 Å². The van der Waals surface area contributed by atoms with Crippen LogP contribution < -0.4 is 0 Å². The summed E-state index contributed by atoms with van der Waals surface area (Å²) in [5, 5.41) is 4.30. The third-order valence-electron chi connectivity index (χ3n) is 3.39. The van der Waals surface area contributed by atoms with Crippen molar-refractivity contribution in [3.8, 4) is 0 Å². The lowest BCUT2D eigenvalue weighted by Crippen LogP contribution is -2.28. The van der Waals surface area contributed by atoms with Gasteiger partial charge in [0.2, 0.25) is 0 Å². The van der Waals surface area contributed by atoms with Crippen molar-refractivity contribution in [1.29, 1.82) is 0 Å². The van der Waals surface area contributed by atoms with Gasteiger partial charge in [0.15, 0.2) is 0 Å². The lowest BCUT2D eigenvalue weighted by Gasteiger charge is -2.19. The zero-order chi connectivity index (χ0) is 16.4. The van der Waals surface area contributed by atoms with E-state index in [0.717, 1.165) is 38.5 Å². The Morgan fingerprint density at radius 1 is 0.818 bits per heavy atom. The summed E-state index contributed by atoms with van der Waals surface area (Å²) in [6.45, 7) is 5.16. The van der Waals surface area contributed by atoms with Gasteiger partial charge in [0.25, 0.3) is 0 Å². The van der Waals surface area contributed by atoms with E-state index in [1.807, 2.05) is 0 Å². The molecule has 0 bridgehead atoms. The van der Waals surface area contributed by atoms with Gasteiger partial charge in [-0.25, -0.2) is 9.59 Å². The van der Waals surface area contributed by atoms with Crippen molar-refractivity contribution in [3.63, 3.8) is 0 Å². The minimum absolute atomic E-state index is 0.221. The maximum Gasteiger partial charge on any atom is 0.453 e. The van der Waals surface area contributed by atoms with Gasteiger partial charge in [0.05, 0.1) is 5.60 Å². The van der Waals surface area contributed by atoms with Crippen molar-refractivity contribution in [2.24, 2.45) is 0 Å². The second-order valence-corrected chi connectivity index (χ2v) is 6.71. The number of rotatable bonds is 3. The molecule has 0 aromatic rings. The van der Waals surface area contributed by atoms with Crippen LogP contribution in [0.5, 0.6) is 0 Å². The van der Waals surface area contributed by atoms with Crippen molar-refractivity contribution in [1.82, 2.24) is 0 Å². The van der Waals surface area contributed by atoms with Gasteiger partial charge in [-0.1, -0.05) is 32.1 Å². The summed E-state index contributed by atoms with van der Waals surface area (Å²) in [5.41, 5.74) is -0.638. The van der Waals surface area contributed by atoms with Crippen molar-refractivity contribution in [3.05, 3.63) is 0 Å². The van der Waals surface area contributed by atoms with Gasteiger partial charge in [-0.05, 0) is 51.5 Å². The molecule has 22 heavy (non-hydrogen) atoms. The molecule has 0 spiro atoms. The highest BCUT2D eigenvalue weighted by molar-refractivity contribution is 6.29. The highest BCUT2D eigenvalue weighted by atomic mass is 17.5. The second-order valence-electron chi connectivity index (χ2n) is 6.71. The molecule has 6 heteroatoms. The molecule has 1 fully saturated rings.